The van der Waals surface area contributed by atoms with Crippen molar-refractivity contribution in [2.24, 2.45) is 0 Å². The first-order valence-electron chi connectivity index (χ1n) is 15.3. The maximum atomic E-state index is 16.7. The highest BCUT2D eigenvalue weighted by Gasteiger charge is 2.45. The number of benzene rings is 2. The topological polar surface area (TPSA) is 92.7 Å². The summed E-state index contributed by atoms with van der Waals surface area (Å²) in [6.07, 6.45) is 4.64. The van der Waals surface area contributed by atoms with Gasteiger partial charge in [0.1, 0.15) is 28.7 Å². The second-order valence-electron chi connectivity index (χ2n) is 12.9. The number of ether oxygens (including phenoxy) is 2. The van der Waals surface area contributed by atoms with E-state index in [2.05, 4.69) is 20.2 Å². The Hall–Kier alpha value is -3.76. The van der Waals surface area contributed by atoms with Crippen LogP contribution in [0.25, 0.3) is 32.9 Å². The van der Waals surface area contributed by atoms with E-state index in [1.54, 1.807) is 12.3 Å². The predicted octanol–water partition coefficient (Wildman–Crippen LogP) is 6.36. The van der Waals surface area contributed by atoms with Gasteiger partial charge in [0.2, 0.25) is 0 Å². The van der Waals surface area contributed by atoms with Gasteiger partial charge in [0.15, 0.2) is 5.82 Å². The highest BCUT2D eigenvalue weighted by molar-refractivity contribution is 6.36. The number of anilines is 1. The summed E-state index contributed by atoms with van der Waals surface area (Å²) >= 11 is 6.60. The number of nitrogens with one attached hydrogen (secondary N) is 1. The number of aromatic nitrogens is 3. The quantitative estimate of drug-likeness (QED) is 0.283. The zero-order chi connectivity index (χ0) is 30.6. The summed E-state index contributed by atoms with van der Waals surface area (Å²) in [5.41, 5.74) is 0.336. The summed E-state index contributed by atoms with van der Waals surface area (Å²) < 4.78 is 28.7. The minimum atomic E-state index is -0.577. The SMILES string of the molecule is CC(C)(C)OC(=O)N1C2CCC1CN(c1nc(OC3CCNCC3)nc3c(F)c(-c4cccc5cccc(Cl)c45)ncc13)C2. The maximum absolute atomic E-state index is 16.7. The lowest BCUT2D eigenvalue weighted by Crippen LogP contribution is -2.57. The van der Waals surface area contributed by atoms with Crippen LogP contribution >= 0.6 is 11.6 Å². The first-order valence-corrected chi connectivity index (χ1v) is 15.7. The van der Waals surface area contributed by atoms with Crippen LogP contribution in [0.15, 0.2) is 42.6 Å². The van der Waals surface area contributed by atoms with Crippen LogP contribution in [0.3, 0.4) is 0 Å². The van der Waals surface area contributed by atoms with Crippen LogP contribution in [0, 0.1) is 5.82 Å². The van der Waals surface area contributed by atoms with Crippen LogP contribution < -0.4 is 15.0 Å². The standard InChI is InChI=1S/C33H36ClFN6O3/c1-33(2,3)44-32(42)41-20-10-11-21(41)18-40(17-20)30-24-16-37-28(23-8-4-6-19-7-5-9-25(34)26(19)23)27(35)29(24)38-31(39-30)43-22-12-14-36-15-13-22/h4-9,16,20-22,36H,10-15,17-18H2,1-3H3. The lowest BCUT2D eigenvalue weighted by molar-refractivity contribution is 0.0122. The molecule has 0 radical (unpaired) electrons. The fourth-order valence-corrected chi connectivity index (χ4v) is 7.03. The number of hydrogen-bond acceptors (Lipinski definition) is 8. The van der Waals surface area contributed by atoms with Crippen molar-refractivity contribution in [1.82, 2.24) is 25.2 Å². The Balaban J connectivity index is 1.31. The number of hydrogen-bond donors (Lipinski definition) is 1. The third-order valence-electron chi connectivity index (χ3n) is 8.70. The molecule has 44 heavy (non-hydrogen) atoms. The van der Waals surface area contributed by atoms with E-state index in [9.17, 15) is 4.79 Å². The van der Waals surface area contributed by atoms with Crippen molar-refractivity contribution in [3.05, 3.63) is 53.4 Å². The van der Waals surface area contributed by atoms with Gasteiger partial charge in [0.05, 0.1) is 17.5 Å². The van der Waals surface area contributed by atoms with E-state index in [1.165, 1.54) is 0 Å². The molecule has 2 bridgehead atoms. The van der Waals surface area contributed by atoms with E-state index in [4.69, 9.17) is 26.1 Å². The molecule has 2 unspecified atom stereocenters. The van der Waals surface area contributed by atoms with Crippen molar-refractivity contribution >= 4 is 45.2 Å². The number of carbonyl (C=O) groups excluding carboxylic acids is 1. The molecule has 1 amide bonds. The summed E-state index contributed by atoms with van der Waals surface area (Å²) in [5, 5.41) is 6.00. The van der Waals surface area contributed by atoms with Crippen LogP contribution in [-0.4, -0.2) is 75.9 Å². The van der Waals surface area contributed by atoms with Crippen LogP contribution in [0.5, 0.6) is 6.01 Å². The van der Waals surface area contributed by atoms with Gasteiger partial charge in [-0.05, 0) is 71.0 Å². The van der Waals surface area contributed by atoms with Gasteiger partial charge in [-0.3, -0.25) is 9.88 Å². The second kappa shape index (κ2) is 11.3. The summed E-state index contributed by atoms with van der Waals surface area (Å²) in [5.74, 6) is 0.0117. The fourth-order valence-electron chi connectivity index (χ4n) is 6.75. The minimum Gasteiger partial charge on any atom is -0.460 e. The van der Waals surface area contributed by atoms with Gasteiger partial charge >= 0.3 is 12.1 Å². The highest BCUT2D eigenvalue weighted by atomic mass is 35.5. The van der Waals surface area contributed by atoms with E-state index in [-0.39, 0.29) is 41.5 Å². The number of carbonyl (C=O) groups is 1. The number of pyridine rings is 1. The molecule has 230 valence electrons. The van der Waals surface area contributed by atoms with Gasteiger partial charge in [-0.25, -0.2) is 9.18 Å². The molecular formula is C33H36ClFN6O3. The number of rotatable bonds is 4. The largest absolute Gasteiger partial charge is 0.460 e. The molecule has 1 N–H and O–H groups in total. The normalized spacial score (nSPS) is 20.8. The number of piperidine rings is 1. The van der Waals surface area contributed by atoms with Gasteiger partial charge < -0.3 is 19.7 Å². The van der Waals surface area contributed by atoms with Crippen molar-refractivity contribution < 1.29 is 18.7 Å². The van der Waals surface area contributed by atoms with E-state index < -0.39 is 11.4 Å². The minimum absolute atomic E-state index is 0.0442. The smallest absolute Gasteiger partial charge is 0.410 e. The molecule has 2 aromatic carbocycles. The van der Waals surface area contributed by atoms with E-state index >= 15 is 4.39 Å². The molecule has 0 aliphatic carbocycles. The van der Waals surface area contributed by atoms with Crippen molar-refractivity contribution in [3.63, 3.8) is 0 Å². The number of amides is 1. The Morgan fingerprint density at radius 1 is 1.02 bits per heavy atom. The third kappa shape index (κ3) is 5.38. The Morgan fingerprint density at radius 2 is 1.73 bits per heavy atom. The first-order chi connectivity index (χ1) is 21.2. The molecule has 5 heterocycles. The second-order valence-corrected chi connectivity index (χ2v) is 13.3. The molecular weight excluding hydrogens is 583 g/mol. The molecule has 7 rings (SSSR count). The van der Waals surface area contributed by atoms with Gasteiger partial charge in [0, 0.05) is 35.3 Å². The number of piperazine rings is 1. The molecule has 0 saturated carbocycles. The molecule has 11 heteroatoms. The average molecular weight is 619 g/mol. The molecule has 3 fully saturated rings. The number of fused-ring (bicyclic) bond motifs is 4. The Morgan fingerprint density at radius 3 is 2.43 bits per heavy atom. The average Bonchev–Trinajstić information content (AvgIpc) is 3.26. The van der Waals surface area contributed by atoms with E-state index in [0.29, 0.717) is 34.9 Å². The summed E-state index contributed by atoms with van der Waals surface area (Å²) in [6.45, 7) is 8.39. The lowest BCUT2D eigenvalue weighted by atomic mass is 10.0. The Bertz CT molecular complexity index is 1720. The summed E-state index contributed by atoms with van der Waals surface area (Å²) in [4.78, 5) is 31.2. The van der Waals surface area contributed by atoms with Crippen molar-refractivity contribution in [2.45, 2.75) is 70.2 Å². The first kappa shape index (κ1) is 29.0. The van der Waals surface area contributed by atoms with Gasteiger partial charge in [0.25, 0.3) is 0 Å². The molecule has 4 aromatic rings. The number of halogens is 2. The fraction of sp³-hybridized carbons (Fsp3) is 0.455. The highest BCUT2D eigenvalue weighted by Crippen LogP contribution is 2.39. The van der Waals surface area contributed by atoms with Crippen LogP contribution in [0.1, 0.15) is 46.5 Å². The third-order valence-corrected chi connectivity index (χ3v) is 9.01. The molecule has 3 saturated heterocycles. The van der Waals surface area contributed by atoms with Crippen molar-refractivity contribution in [2.75, 3.05) is 31.1 Å². The van der Waals surface area contributed by atoms with Crippen molar-refractivity contribution in [1.29, 1.82) is 0 Å². The molecule has 0 spiro atoms. The monoisotopic (exact) mass is 618 g/mol. The van der Waals surface area contributed by atoms with Crippen LogP contribution in [-0.2, 0) is 4.74 Å². The van der Waals surface area contributed by atoms with Crippen molar-refractivity contribution in [3.8, 4) is 17.3 Å². The Labute approximate surface area is 260 Å². The lowest BCUT2D eigenvalue weighted by Gasteiger charge is -2.42. The maximum Gasteiger partial charge on any atom is 0.410 e. The van der Waals surface area contributed by atoms with E-state index in [1.807, 2.05) is 56.0 Å². The molecule has 3 aliphatic heterocycles. The predicted molar refractivity (Wildman–Crippen MR) is 169 cm³/mol. The molecule has 3 aliphatic rings. The van der Waals surface area contributed by atoms with E-state index in [0.717, 1.165) is 49.5 Å². The summed E-state index contributed by atoms with van der Waals surface area (Å²) in [6, 6.07) is 11.3. The number of nitrogens with zero attached hydrogens (tertiary/aromatic N) is 5. The molecule has 2 aromatic heterocycles. The van der Waals surface area contributed by atoms with Crippen LogP contribution in [0.2, 0.25) is 5.02 Å². The van der Waals surface area contributed by atoms with Crippen LogP contribution in [0.4, 0.5) is 15.0 Å². The summed E-state index contributed by atoms with van der Waals surface area (Å²) in [7, 11) is 0. The van der Waals surface area contributed by atoms with Gasteiger partial charge in [-0.15, -0.1) is 0 Å². The zero-order valence-electron chi connectivity index (χ0n) is 25.1. The molecule has 9 nitrogen and oxygen atoms in total. The Kier molecular flexibility index (Phi) is 7.45. The van der Waals surface area contributed by atoms with Gasteiger partial charge in [-0.2, -0.15) is 9.97 Å². The van der Waals surface area contributed by atoms with Gasteiger partial charge in [-0.1, -0.05) is 41.9 Å². The molecule has 2 atom stereocenters. The zero-order valence-corrected chi connectivity index (χ0v) is 25.9.